The fourth-order valence-corrected chi connectivity index (χ4v) is 1.89. The van der Waals surface area contributed by atoms with Crippen molar-refractivity contribution in [2.75, 3.05) is 7.11 Å². The molecular formula is C16H13O3. The molecule has 95 valence electrons. The first kappa shape index (κ1) is 13.0. The minimum absolute atomic E-state index is 0.0321. The Kier molecular flexibility index (Phi) is 3.76. The zero-order chi connectivity index (χ0) is 13.8. The molecule has 0 saturated carbocycles. The van der Waals surface area contributed by atoms with E-state index in [0.29, 0.717) is 16.7 Å². The number of hydrogen-bond acceptors (Lipinski definition) is 3. The first-order chi connectivity index (χ1) is 9.13. The molecule has 0 aromatic heterocycles. The molecular weight excluding hydrogens is 240 g/mol. The van der Waals surface area contributed by atoms with E-state index in [9.17, 15) is 9.59 Å². The van der Waals surface area contributed by atoms with E-state index in [-0.39, 0.29) is 5.78 Å². The Hall–Kier alpha value is -2.42. The van der Waals surface area contributed by atoms with Gasteiger partial charge in [-0.2, -0.15) is 0 Å². The van der Waals surface area contributed by atoms with Crippen LogP contribution in [0.1, 0.15) is 27.6 Å². The molecule has 3 heteroatoms. The fourth-order valence-electron chi connectivity index (χ4n) is 1.89. The fraction of sp³-hybridized carbons (Fsp3) is 0.125. The van der Waals surface area contributed by atoms with Crippen LogP contribution < -0.4 is 0 Å². The van der Waals surface area contributed by atoms with E-state index in [1.165, 1.54) is 14.0 Å². The van der Waals surface area contributed by atoms with Crippen LogP contribution >= 0.6 is 0 Å². The SMILES string of the molecule is COC(=O)c1cccc(-c2[c]cccc2C(C)=O)c1. The lowest BCUT2D eigenvalue weighted by Crippen LogP contribution is -2.02. The minimum atomic E-state index is -0.401. The van der Waals surface area contributed by atoms with E-state index in [1.807, 2.05) is 6.07 Å². The monoisotopic (exact) mass is 253 g/mol. The Morgan fingerprint density at radius 2 is 1.95 bits per heavy atom. The number of esters is 1. The van der Waals surface area contributed by atoms with Gasteiger partial charge in [-0.1, -0.05) is 30.3 Å². The zero-order valence-corrected chi connectivity index (χ0v) is 10.8. The Morgan fingerprint density at radius 3 is 2.63 bits per heavy atom. The topological polar surface area (TPSA) is 43.4 Å². The quantitative estimate of drug-likeness (QED) is 0.623. The molecule has 0 N–H and O–H groups in total. The van der Waals surface area contributed by atoms with E-state index < -0.39 is 5.97 Å². The van der Waals surface area contributed by atoms with Crippen LogP contribution in [0.25, 0.3) is 11.1 Å². The van der Waals surface area contributed by atoms with E-state index in [4.69, 9.17) is 0 Å². The Balaban J connectivity index is 2.54. The van der Waals surface area contributed by atoms with Gasteiger partial charge in [0.05, 0.1) is 12.7 Å². The molecule has 2 rings (SSSR count). The second-order valence-corrected chi connectivity index (χ2v) is 4.09. The summed E-state index contributed by atoms with van der Waals surface area (Å²) in [6, 6.07) is 15.3. The van der Waals surface area contributed by atoms with Gasteiger partial charge in [0, 0.05) is 11.1 Å². The van der Waals surface area contributed by atoms with Crippen LogP contribution in [0.3, 0.4) is 0 Å². The second kappa shape index (κ2) is 5.48. The standard InChI is InChI=1S/C16H13O3/c1-11(17)14-8-3-4-9-15(14)12-6-5-7-13(10-12)16(18)19-2/h3-8,10H,1-2H3. The van der Waals surface area contributed by atoms with Gasteiger partial charge < -0.3 is 4.74 Å². The third-order valence-corrected chi connectivity index (χ3v) is 2.81. The number of benzene rings is 2. The molecule has 1 radical (unpaired) electrons. The zero-order valence-electron chi connectivity index (χ0n) is 10.8. The summed E-state index contributed by atoms with van der Waals surface area (Å²) in [7, 11) is 1.34. The van der Waals surface area contributed by atoms with E-state index >= 15 is 0 Å². The van der Waals surface area contributed by atoms with Crippen molar-refractivity contribution in [3.05, 3.63) is 59.7 Å². The molecule has 0 fully saturated rings. The molecule has 3 nitrogen and oxygen atoms in total. The maximum atomic E-state index is 11.6. The summed E-state index contributed by atoms with van der Waals surface area (Å²) in [6.07, 6.45) is 0. The van der Waals surface area contributed by atoms with E-state index in [1.54, 1.807) is 36.4 Å². The highest BCUT2D eigenvalue weighted by Crippen LogP contribution is 2.24. The molecule has 0 atom stereocenters. The number of Topliss-reactive ketones (excluding diaryl/α,β-unsaturated/α-hetero) is 1. The van der Waals surface area contributed by atoms with Crippen LogP contribution in [0.2, 0.25) is 0 Å². The van der Waals surface area contributed by atoms with Crippen LogP contribution in [-0.2, 0) is 4.74 Å². The van der Waals surface area contributed by atoms with Crippen molar-refractivity contribution < 1.29 is 14.3 Å². The van der Waals surface area contributed by atoms with Crippen molar-refractivity contribution >= 4 is 11.8 Å². The number of methoxy groups -OCH3 is 1. The van der Waals surface area contributed by atoms with Gasteiger partial charge in [-0.05, 0) is 30.7 Å². The van der Waals surface area contributed by atoms with Crippen LogP contribution in [-0.4, -0.2) is 18.9 Å². The van der Waals surface area contributed by atoms with E-state index in [0.717, 1.165) is 5.56 Å². The summed E-state index contributed by atoms with van der Waals surface area (Å²) in [4.78, 5) is 23.1. The van der Waals surface area contributed by atoms with Crippen LogP contribution in [0.4, 0.5) is 0 Å². The Bertz CT molecular complexity index is 629. The van der Waals surface area contributed by atoms with Crippen molar-refractivity contribution in [1.29, 1.82) is 0 Å². The number of carbonyl (C=O) groups is 2. The predicted molar refractivity (Wildman–Crippen MR) is 72.1 cm³/mol. The smallest absolute Gasteiger partial charge is 0.337 e. The van der Waals surface area contributed by atoms with Crippen LogP contribution in [0.15, 0.2) is 42.5 Å². The molecule has 0 amide bonds. The largest absolute Gasteiger partial charge is 0.465 e. The lowest BCUT2D eigenvalue weighted by molar-refractivity contribution is 0.0600. The third-order valence-electron chi connectivity index (χ3n) is 2.81. The molecule has 0 unspecified atom stereocenters. The van der Waals surface area contributed by atoms with Gasteiger partial charge in [-0.25, -0.2) is 4.79 Å². The predicted octanol–water partition coefficient (Wildman–Crippen LogP) is 3.14. The van der Waals surface area contributed by atoms with Crippen LogP contribution in [0.5, 0.6) is 0 Å². The van der Waals surface area contributed by atoms with Crippen molar-refractivity contribution in [3.63, 3.8) is 0 Å². The highest BCUT2D eigenvalue weighted by atomic mass is 16.5. The number of ketones is 1. The van der Waals surface area contributed by atoms with Gasteiger partial charge in [0.25, 0.3) is 0 Å². The van der Waals surface area contributed by atoms with Gasteiger partial charge in [0.15, 0.2) is 5.78 Å². The molecule has 2 aromatic rings. The van der Waals surface area contributed by atoms with Gasteiger partial charge in [0.1, 0.15) is 0 Å². The summed E-state index contributed by atoms with van der Waals surface area (Å²) in [5.41, 5.74) is 2.51. The Morgan fingerprint density at radius 1 is 1.16 bits per heavy atom. The van der Waals surface area contributed by atoms with Gasteiger partial charge in [-0.15, -0.1) is 0 Å². The van der Waals surface area contributed by atoms with Gasteiger partial charge in [0.2, 0.25) is 0 Å². The molecule has 19 heavy (non-hydrogen) atoms. The summed E-state index contributed by atoms with van der Waals surface area (Å²) in [5.74, 6) is -0.433. The number of rotatable bonds is 3. The van der Waals surface area contributed by atoms with Gasteiger partial charge in [-0.3, -0.25) is 4.79 Å². The lowest BCUT2D eigenvalue weighted by Gasteiger charge is -2.08. The summed E-state index contributed by atoms with van der Waals surface area (Å²) < 4.78 is 4.69. The maximum Gasteiger partial charge on any atom is 0.337 e. The minimum Gasteiger partial charge on any atom is -0.465 e. The third kappa shape index (κ3) is 2.71. The summed E-state index contributed by atoms with van der Waals surface area (Å²) in [5, 5.41) is 0. The maximum absolute atomic E-state index is 11.6. The molecule has 0 aliphatic rings. The molecule has 0 heterocycles. The van der Waals surface area contributed by atoms with Crippen molar-refractivity contribution in [2.24, 2.45) is 0 Å². The molecule has 2 aromatic carbocycles. The van der Waals surface area contributed by atoms with E-state index in [2.05, 4.69) is 10.8 Å². The first-order valence-electron chi connectivity index (χ1n) is 5.84. The molecule has 0 bridgehead atoms. The summed E-state index contributed by atoms with van der Waals surface area (Å²) in [6.45, 7) is 1.51. The average molecular weight is 253 g/mol. The average Bonchev–Trinajstić information content (AvgIpc) is 2.46. The second-order valence-electron chi connectivity index (χ2n) is 4.09. The van der Waals surface area contributed by atoms with Crippen LogP contribution in [0, 0.1) is 6.07 Å². The van der Waals surface area contributed by atoms with Gasteiger partial charge >= 0.3 is 5.97 Å². The molecule has 0 spiro atoms. The molecule has 0 saturated heterocycles. The highest BCUT2D eigenvalue weighted by molar-refractivity contribution is 6.01. The normalized spacial score (nSPS) is 10.0. The lowest BCUT2D eigenvalue weighted by atomic mass is 9.96. The summed E-state index contributed by atoms with van der Waals surface area (Å²) >= 11 is 0. The first-order valence-corrected chi connectivity index (χ1v) is 5.84. The Labute approximate surface area is 111 Å². The molecule has 0 aliphatic heterocycles. The molecule has 0 aliphatic carbocycles. The number of ether oxygens (including phenoxy) is 1. The number of carbonyl (C=O) groups excluding carboxylic acids is 2. The van der Waals surface area contributed by atoms with Crippen molar-refractivity contribution in [2.45, 2.75) is 6.92 Å². The number of hydrogen-bond donors (Lipinski definition) is 0. The van der Waals surface area contributed by atoms with Crippen molar-refractivity contribution in [3.8, 4) is 11.1 Å². The van der Waals surface area contributed by atoms with Crippen molar-refractivity contribution in [1.82, 2.24) is 0 Å². The highest BCUT2D eigenvalue weighted by Gasteiger charge is 2.11.